The maximum absolute atomic E-state index is 4.44. The van der Waals surface area contributed by atoms with Crippen molar-refractivity contribution in [2.45, 2.75) is 0 Å². The van der Waals surface area contributed by atoms with E-state index < -0.39 is 0 Å². The second-order valence-electron chi connectivity index (χ2n) is 4.42. The Morgan fingerprint density at radius 3 is 2.38 bits per heavy atom. The van der Waals surface area contributed by atoms with Crippen molar-refractivity contribution in [2.75, 3.05) is 17.7 Å². The van der Waals surface area contributed by atoms with Crippen LogP contribution in [0.3, 0.4) is 0 Å². The lowest BCUT2D eigenvalue weighted by Gasteiger charge is -2.09. The summed E-state index contributed by atoms with van der Waals surface area (Å²) in [6.07, 6.45) is 1.75. The Kier molecular flexibility index (Phi) is 3.73. The third kappa shape index (κ3) is 3.14. The molecule has 0 radical (unpaired) electrons. The molecule has 3 aromatic rings. The van der Waals surface area contributed by atoms with Gasteiger partial charge >= 0.3 is 0 Å². The van der Waals surface area contributed by atoms with E-state index in [1.807, 2.05) is 54.6 Å². The average molecular weight is 277 g/mol. The van der Waals surface area contributed by atoms with Crippen LogP contribution in [0.15, 0.2) is 60.8 Å². The molecule has 0 amide bonds. The predicted octanol–water partition coefficient (Wildman–Crippen LogP) is 3.32. The van der Waals surface area contributed by atoms with Gasteiger partial charge in [-0.15, -0.1) is 0 Å². The lowest BCUT2D eigenvalue weighted by Crippen LogP contribution is -2.02. The van der Waals surface area contributed by atoms with E-state index in [1.54, 1.807) is 13.2 Å². The number of para-hydroxylation sites is 1. The highest BCUT2D eigenvalue weighted by Crippen LogP contribution is 2.21. The second-order valence-corrected chi connectivity index (χ2v) is 4.42. The van der Waals surface area contributed by atoms with Gasteiger partial charge in [-0.25, -0.2) is 4.98 Å². The lowest BCUT2D eigenvalue weighted by atomic mass is 10.2. The number of anilines is 3. The number of nitrogens with one attached hydrogen (secondary N) is 2. The maximum atomic E-state index is 4.44. The fraction of sp³-hybridized carbons (Fsp3) is 0.0625. The molecule has 5 heteroatoms. The van der Waals surface area contributed by atoms with Crippen LogP contribution >= 0.6 is 0 Å². The molecule has 0 aliphatic carbocycles. The van der Waals surface area contributed by atoms with Crippen LogP contribution in [0, 0.1) is 0 Å². The van der Waals surface area contributed by atoms with Gasteiger partial charge in [0.25, 0.3) is 0 Å². The zero-order valence-corrected chi connectivity index (χ0v) is 11.6. The zero-order valence-electron chi connectivity index (χ0n) is 11.6. The van der Waals surface area contributed by atoms with Gasteiger partial charge in [0.1, 0.15) is 5.82 Å². The van der Waals surface area contributed by atoms with Crippen LogP contribution in [0.4, 0.5) is 17.5 Å². The van der Waals surface area contributed by atoms with Gasteiger partial charge in [-0.3, -0.25) is 4.98 Å². The highest BCUT2D eigenvalue weighted by Gasteiger charge is 2.07. The van der Waals surface area contributed by atoms with Gasteiger partial charge in [0.2, 0.25) is 5.95 Å². The van der Waals surface area contributed by atoms with E-state index in [9.17, 15) is 0 Å². The molecule has 0 saturated heterocycles. The van der Waals surface area contributed by atoms with E-state index in [1.165, 1.54) is 0 Å². The topological polar surface area (TPSA) is 62.7 Å². The van der Waals surface area contributed by atoms with E-state index in [0.717, 1.165) is 22.9 Å². The number of nitrogens with zero attached hydrogens (tertiary/aromatic N) is 3. The molecule has 0 atom stereocenters. The molecule has 3 rings (SSSR count). The third-order valence-electron chi connectivity index (χ3n) is 2.92. The van der Waals surface area contributed by atoms with E-state index >= 15 is 0 Å². The molecule has 0 aliphatic rings. The van der Waals surface area contributed by atoms with Crippen molar-refractivity contribution < 1.29 is 0 Å². The van der Waals surface area contributed by atoms with Gasteiger partial charge in [-0.2, -0.15) is 4.98 Å². The van der Waals surface area contributed by atoms with Crippen LogP contribution in [-0.4, -0.2) is 22.0 Å². The molecule has 2 aromatic heterocycles. The average Bonchev–Trinajstić information content (AvgIpc) is 2.56. The lowest BCUT2D eigenvalue weighted by molar-refractivity contribution is 1.14. The number of aromatic nitrogens is 3. The highest BCUT2D eigenvalue weighted by molar-refractivity contribution is 5.65. The minimum absolute atomic E-state index is 0.552. The Bertz CT molecular complexity index is 713. The molecule has 0 aliphatic heterocycles. The maximum Gasteiger partial charge on any atom is 0.225 e. The molecule has 0 bridgehead atoms. The molecule has 0 fully saturated rings. The van der Waals surface area contributed by atoms with Crippen LogP contribution < -0.4 is 10.6 Å². The predicted molar refractivity (Wildman–Crippen MR) is 84.5 cm³/mol. The van der Waals surface area contributed by atoms with Crippen LogP contribution in [0.5, 0.6) is 0 Å². The van der Waals surface area contributed by atoms with Crippen LogP contribution in [0.2, 0.25) is 0 Å². The highest BCUT2D eigenvalue weighted by atomic mass is 15.1. The number of rotatable bonds is 4. The van der Waals surface area contributed by atoms with Crippen molar-refractivity contribution in [3.05, 3.63) is 60.8 Å². The molecule has 0 saturated carbocycles. The Morgan fingerprint density at radius 1 is 0.857 bits per heavy atom. The summed E-state index contributed by atoms with van der Waals surface area (Å²) in [6.45, 7) is 0. The van der Waals surface area contributed by atoms with E-state index in [4.69, 9.17) is 0 Å². The standard InChI is InChI=1S/C16H15N5/c1-17-16-20-14(13-9-5-6-10-18-13)11-15(21-16)19-12-7-3-2-4-8-12/h2-11H,1H3,(H2,17,19,20,21). The Hall–Kier alpha value is -2.95. The second kappa shape index (κ2) is 6.00. The summed E-state index contributed by atoms with van der Waals surface area (Å²) in [7, 11) is 1.80. The van der Waals surface area contributed by atoms with Gasteiger partial charge in [0.15, 0.2) is 0 Å². The van der Waals surface area contributed by atoms with Gasteiger partial charge < -0.3 is 10.6 Å². The molecule has 104 valence electrons. The molecular formula is C16H15N5. The summed E-state index contributed by atoms with van der Waals surface area (Å²) < 4.78 is 0. The minimum atomic E-state index is 0.552. The van der Waals surface area contributed by atoms with Crippen molar-refractivity contribution in [1.29, 1.82) is 0 Å². The van der Waals surface area contributed by atoms with E-state index in [2.05, 4.69) is 25.6 Å². The molecule has 2 N–H and O–H groups in total. The molecule has 0 spiro atoms. The normalized spacial score (nSPS) is 10.1. The molecule has 1 aromatic carbocycles. The summed E-state index contributed by atoms with van der Waals surface area (Å²) in [5, 5.41) is 6.24. The fourth-order valence-corrected chi connectivity index (χ4v) is 1.94. The number of pyridine rings is 1. The minimum Gasteiger partial charge on any atom is -0.357 e. The first-order valence-corrected chi connectivity index (χ1v) is 6.65. The van der Waals surface area contributed by atoms with Crippen LogP contribution in [-0.2, 0) is 0 Å². The van der Waals surface area contributed by atoms with Gasteiger partial charge in [0.05, 0.1) is 11.4 Å². The first-order chi connectivity index (χ1) is 10.3. The first-order valence-electron chi connectivity index (χ1n) is 6.65. The number of hydrogen-bond donors (Lipinski definition) is 2. The van der Waals surface area contributed by atoms with Gasteiger partial charge in [0, 0.05) is 25.0 Å². The summed E-state index contributed by atoms with van der Waals surface area (Å²) in [4.78, 5) is 13.2. The van der Waals surface area contributed by atoms with Crippen molar-refractivity contribution in [1.82, 2.24) is 15.0 Å². The molecule has 2 heterocycles. The third-order valence-corrected chi connectivity index (χ3v) is 2.92. The summed E-state index contributed by atoms with van der Waals surface area (Å²) in [5.41, 5.74) is 2.56. The first kappa shape index (κ1) is 13.1. The Morgan fingerprint density at radius 2 is 1.67 bits per heavy atom. The monoisotopic (exact) mass is 277 g/mol. The number of hydrogen-bond acceptors (Lipinski definition) is 5. The Labute approximate surface area is 123 Å². The van der Waals surface area contributed by atoms with Crippen LogP contribution in [0.1, 0.15) is 0 Å². The van der Waals surface area contributed by atoms with Gasteiger partial charge in [-0.1, -0.05) is 24.3 Å². The van der Waals surface area contributed by atoms with E-state index in [-0.39, 0.29) is 0 Å². The summed E-state index contributed by atoms with van der Waals surface area (Å²) in [6, 6.07) is 17.5. The molecule has 21 heavy (non-hydrogen) atoms. The van der Waals surface area contributed by atoms with Crippen LogP contribution in [0.25, 0.3) is 11.4 Å². The van der Waals surface area contributed by atoms with Crippen molar-refractivity contribution in [2.24, 2.45) is 0 Å². The molecule has 5 nitrogen and oxygen atoms in total. The zero-order chi connectivity index (χ0) is 14.5. The SMILES string of the molecule is CNc1nc(Nc2ccccc2)cc(-c2ccccn2)n1. The number of benzene rings is 1. The van der Waals surface area contributed by atoms with Crippen molar-refractivity contribution in [3.8, 4) is 11.4 Å². The Balaban J connectivity index is 1.98. The summed E-state index contributed by atoms with van der Waals surface area (Å²) >= 11 is 0. The smallest absolute Gasteiger partial charge is 0.225 e. The quantitative estimate of drug-likeness (QED) is 0.766. The fourth-order valence-electron chi connectivity index (χ4n) is 1.94. The largest absolute Gasteiger partial charge is 0.357 e. The molecule has 0 unspecified atom stereocenters. The molecular weight excluding hydrogens is 262 g/mol. The van der Waals surface area contributed by atoms with Crippen molar-refractivity contribution >= 4 is 17.5 Å². The van der Waals surface area contributed by atoms with E-state index in [0.29, 0.717) is 5.95 Å². The van der Waals surface area contributed by atoms with Gasteiger partial charge in [-0.05, 0) is 24.3 Å². The van der Waals surface area contributed by atoms with Crippen molar-refractivity contribution in [3.63, 3.8) is 0 Å². The summed E-state index contributed by atoms with van der Waals surface area (Å²) in [5.74, 6) is 1.28.